The monoisotopic (exact) mass is 333 g/mol. The van der Waals surface area contributed by atoms with Crippen LogP contribution in [0.2, 0.25) is 0 Å². The highest BCUT2D eigenvalue weighted by Gasteiger charge is 2.45. The van der Waals surface area contributed by atoms with Crippen molar-refractivity contribution in [2.24, 2.45) is 0 Å². The SMILES string of the molecule is CCCCCCCCCCN(C)[C@H]1C(O)O[C@H](CO)[C@@H](O)[C@@H]1O. The zero-order valence-electron chi connectivity index (χ0n) is 14.6. The smallest absolute Gasteiger partial charge is 0.173 e. The van der Waals surface area contributed by atoms with Crippen molar-refractivity contribution in [1.29, 1.82) is 0 Å². The molecular formula is C17H35NO5. The Labute approximate surface area is 140 Å². The Hall–Kier alpha value is -0.240. The minimum Gasteiger partial charge on any atom is -0.394 e. The zero-order valence-corrected chi connectivity index (χ0v) is 14.6. The van der Waals surface area contributed by atoms with Crippen molar-refractivity contribution < 1.29 is 25.2 Å². The fraction of sp³-hybridized carbons (Fsp3) is 1.00. The molecule has 1 rings (SSSR count). The van der Waals surface area contributed by atoms with Gasteiger partial charge in [-0.05, 0) is 20.0 Å². The standard InChI is InChI=1S/C17H35NO5/c1-3-4-5-6-7-8-9-10-11-18(2)14-16(21)15(20)13(12-19)23-17(14)22/h13-17,19-22H,3-12H2,1-2H3/t13-,14-,15-,16-,17?/m1/s1. The second-order valence-corrected chi connectivity index (χ2v) is 6.67. The zero-order chi connectivity index (χ0) is 17.2. The van der Waals surface area contributed by atoms with Gasteiger partial charge in [0.1, 0.15) is 18.3 Å². The van der Waals surface area contributed by atoms with Gasteiger partial charge in [0.15, 0.2) is 6.29 Å². The van der Waals surface area contributed by atoms with Gasteiger partial charge in [0.2, 0.25) is 0 Å². The number of aliphatic hydroxyl groups is 4. The van der Waals surface area contributed by atoms with Crippen molar-refractivity contribution in [2.45, 2.75) is 88.9 Å². The van der Waals surface area contributed by atoms with Gasteiger partial charge in [0, 0.05) is 0 Å². The summed E-state index contributed by atoms with van der Waals surface area (Å²) >= 11 is 0. The van der Waals surface area contributed by atoms with Gasteiger partial charge in [-0.25, -0.2) is 0 Å². The second-order valence-electron chi connectivity index (χ2n) is 6.67. The predicted octanol–water partition coefficient (Wildman–Crippen LogP) is 0.859. The Morgan fingerprint density at radius 3 is 2.00 bits per heavy atom. The summed E-state index contributed by atoms with van der Waals surface area (Å²) in [6.45, 7) is 2.52. The first-order valence-corrected chi connectivity index (χ1v) is 9.03. The quantitative estimate of drug-likeness (QED) is 0.419. The number of likely N-dealkylation sites (N-methyl/N-ethyl adjacent to an activating group) is 1. The van der Waals surface area contributed by atoms with E-state index in [1.807, 2.05) is 11.9 Å². The van der Waals surface area contributed by atoms with E-state index in [4.69, 9.17) is 9.84 Å². The van der Waals surface area contributed by atoms with Gasteiger partial charge in [0.25, 0.3) is 0 Å². The summed E-state index contributed by atoms with van der Waals surface area (Å²) in [7, 11) is 1.81. The predicted molar refractivity (Wildman–Crippen MR) is 89.0 cm³/mol. The van der Waals surface area contributed by atoms with Crippen molar-refractivity contribution in [1.82, 2.24) is 4.90 Å². The molecule has 4 N–H and O–H groups in total. The molecule has 1 aliphatic heterocycles. The van der Waals surface area contributed by atoms with Crippen LogP contribution in [-0.2, 0) is 4.74 Å². The van der Waals surface area contributed by atoms with Gasteiger partial charge in [-0.3, -0.25) is 4.90 Å². The Morgan fingerprint density at radius 2 is 1.43 bits per heavy atom. The Balaban J connectivity index is 2.24. The summed E-state index contributed by atoms with van der Waals surface area (Å²) in [6.07, 6.45) is 5.32. The molecule has 5 atom stereocenters. The molecule has 1 fully saturated rings. The largest absolute Gasteiger partial charge is 0.394 e. The van der Waals surface area contributed by atoms with E-state index in [1.165, 1.54) is 38.5 Å². The maximum Gasteiger partial charge on any atom is 0.173 e. The summed E-state index contributed by atoms with van der Waals surface area (Å²) in [5.41, 5.74) is 0. The van der Waals surface area contributed by atoms with Gasteiger partial charge < -0.3 is 25.2 Å². The molecule has 0 amide bonds. The normalized spacial score (nSPS) is 31.7. The van der Waals surface area contributed by atoms with E-state index in [9.17, 15) is 15.3 Å². The molecule has 0 saturated carbocycles. The van der Waals surface area contributed by atoms with Crippen LogP contribution in [0.5, 0.6) is 0 Å². The van der Waals surface area contributed by atoms with E-state index in [0.29, 0.717) is 0 Å². The molecule has 0 aromatic heterocycles. The van der Waals surface area contributed by atoms with Crippen LogP contribution in [0.1, 0.15) is 58.3 Å². The molecule has 1 unspecified atom stereocenters. The van der Waals surface area contributed by atoms with Crippen LogP contribution >= 0.6 is 0 Å². The van der Waals surface area contributed by atoms with Crippen LogP contribution in [0.3, 0.4) is 0 Å². The number of nitrogens with zero attached hydrogens (tertiary/aromatic N) is 1. The number of rotatable bonds is 11. The molecule has 23 heavy (non-hydrogen) atoms. The molecule has 1 heterocycles. The summed E-state index contributed by atoms with van der Waals surface area (Å²) in [5.74, 6) is 0. The second kappa shape index (κ2) is 11.3. The Bertz CT molecular complexity index is 305. The highest BCUT2D eigenvalue weighted by Crippen LogP contribution is 2.23. The number of ether oxygens (including phenoxy) is 1. The van der Waals surface area contributed by atoms with E-state index in [-0.39, 0.29) is 0 Å². The Kier molecular flexibility index (Phi) is 10.3. The van der Waals surface area contributed by atoms with Crippen molar-refractivity contribution in [2.75, 3.05) is 20.2 Å². The molecule has 1 saturated heterocycles. The average molecular weight is 333 g/mol. The van der Waals surface area contributed by atoms with E-state index in [1.54, 1.807) is 0 Å². The molecule has 0 aromatic rings. The Morgan fingerprint density at radius 1 is 0.870 bits per heavy atom. The minimum atomic E-state index is -1.20. The summed E-state index contributed by atoms with van der Waals surface area (Å²) < 4.78 is 5.19. The first-order chi connectivity index (χ1) is 11.0. The lowest BCUT2D eigenvalue weighted by molar-refractivity contribution is -0.270. The number of hydrogen-bond acceptors (Lipinski definition) is 6. The number of hydrogen-bond donors (Lipinski definition) is 4. The van der Waals surface area contributed by atoms with Crippen molar-refractivity contribution >= 4 is 0 Å². The van der Waals surface area contributed by atoms with Gasteiger partial charge in [-0.1, -0.05) is 51.9 Å². The van der Waals surface area contributed by atoms with Crippen LogP contribution in [0, 0.1) is 0 Å². The first-order valence-electron chi connectivity index (χ1n) is 9.03. The maximum absolute atomic E-state index is 10.2. The molecule has 0 spiro atoms. The van der Waals surface area contributed by atoms with E-state index in [2.05, 4.69) is 6.92 Å². The average Bonchev–Trinajstić information content (AvgIpc) is 2.53. The number of unbranched alkanes of at least 4 members (excludes halogenated alkanes) is 7. The molecule has 0 aliphatic carbocycles. The maximum atomic E-state index is 10.2. The lowest BCUT2D eigenvalue weighted by Gasteiger charge is -2.44. The molecule has 0 bridgehead atoms. The third-order valence-corrected chi connectivity index (χ3v) is 4.74. The van der Waals surface area contributed by atoms with Crippen LogP contribution in [0.15, 0.2) is 0 Å². The lowest BCUT2D eigenvalue weighted by Crippen LogP contribution is -2.63. The van der Waals surface area contributed by atoms with Crippen LogP contribution in [0.25, 0.3) is 0 Å². The van der Waals surface area contributed by atoms with Crippen LogP contribution in [-0.4, -0.2) is 76.2 Å². The fourth-order valence-corrected chi connectivity index (χ4v) is 3.20. The first kappa shape index (κ1) is 20.8. The van der Waals surface area contributed by atoms with Gasteiger partial charge >= 0.3 is 0 Å². The minimum absolute atomic E-state index is 0.427. The third-order valence-electron chi connectivity index (χ3n) is 4.74. The van der Waals surface area contributed by atoms with E-state index < -0.39 is 37.3 Å². The topological polar surface area (TPSA) is 93.4 Å². The van der Waals surface area contributed by atoms with Gasteiger partial charge in [-0.2, -0.15) is 0 Å². The molecule has 6 heteroatoms. The van der Waals surface area contributed by atoms with Gasteiger partial charge in [0.05, 0.1) is 12.6 Å². The third kappa shape index (κ3) is 6.64. The molecule has 0 radical (unpaired) electrons. The molecule has 138 valence electrons. The van der Waals surface area contributed by atoms with Gasteiger partial charge in [-0.15, -0.1) is 0 Å². The lowest BCUT2D eigenvalue weighted by atomic mass is 9.96. The van der Waals surface area contributed by atoms with Crippen LogP contribution in [0.4, 0.5) is 0 Å². The van der Waals surface area contributed by atoms with Crippen molar-refractivity contribution in [3.8, 4) is 0 Å². The van der Waals surface area contributed by atoms with Crippen LogP contribution < -0.4 is 0 Å². The van der Waals surface area contributed by atoms with E-state index in [0.717, 1.165) is 19.4 Å². The van der Waals surface area contributed by atoms with Crippen molar-refractivity contribution in [3.05, 3.63) is 0 Å². The fourth-order valence-electron chi connectivity index (χ4n) is 3.20. The summed E-state index contributed by atoms with van der Waals surface area (Å²) in [5, 5.41) is 39.2. The molecule has 0 aromatic carbocycles. The molecular weight excluding hydrogens is 298 g/mol. The van der Waals surface area contributed by atoms with Crippen molar-refractivity contribution in [3.63, 3.8) is 0 Å². The summed E-state index contributed by atoms with van der Waals surface area (Å²) in [6, 6.07) is -0.669. The number of aliphatic hydroxyl groups excluding tert-OH is 4. The highest BCUT2D eigenvalue weighted by atomic mass is 16.6. The molecule has 6 nitrogen and oxygen atoms in total. The molecule has 1 aliphatic rings. The van der Waals surface area contributed by atoms with E-state index >= 15 is 0 Å². The highest BCUT2D eigenvalue weighted by molar-refractivity contribution is 4.93. The summed E-state index contributed by atoms with van der Waals surface area (Å²) in [4.78, 5) is 1.84.